The highest BCUT2D eigenvalue weighted by molar-refractivity contribution is 5.58. The van der Waals surface area contributed by atoms with Gasteiger partial charge in [0.2, 0.25) is 0 Å². The summed E-state index contributed by atoms with van der Waals surface area (Å²) in [6, 6.07) is 6.83. The van der Waals surface area contributed by atoms with Gasteiger partial charge in [-0.3, -0.25) is 0 Å². The number of rotatable bonds is 2. The lowest BCUT2D eigenvalue weighted by Gasteiger charge is -2.18. The highest BCUT2D eigenvalue weighted by Gasteiger charge is 2.18. The Morgan fingerprint density at radius 3 is 2.73 bits per heavy atom. The van der Waals surface area contributed by atoms with Crippen LogP contribution in [0.4, 0.5) is 5.69 Å². The lowest BCUT2D eigenvalue weighted by Crippen LogP contribution is -2.17. The smallest absolute Gasteiger partial charge is 0.0397 e. The molecule has 82 valence electrons. The van der Waals surface area contributed by atoms with Crippen molar-refractivity contribution in [2.24, 2.45) is 11.7 Å². The maximum Gasteiger partial charge on any atom is 0.0397 e. The van der Waals surface area contributed by atoms with Gasteiger partial charge >= 0.3 is 0 Å². The van der Waals surface area contributed by atoms with Crippen molar-refractivity contribution in [2.75, 3.05) is 18.5 Å². The predicted molar refractivity (Wildman–Crippen MR) is 65.2 cm³/mol. The Labute approximate surface area is 92.1 Å². The van der Waals surface area contributed by atoms with Crippen LogP contribution in [-0.4, -0.2) is 13.6 Å². The molecule has 0 saturated heterocycles. The molecular weight excluding hydrogens is 184 g/mol. The molecule has 0 aliphatic carbocycles. The molecule has 0 saturated carbocycles. The van der Waals surface area contributed by atoms with Gasteiger partial charge in [0.25, 0.3) is 0 Å². The summed E-state index contributed by atoms with van der Waals surface area (Å²) in [7, 11) is 2.15. The molecule has 0 bridgehead atoms. The van der Waals surface area contributed by atoms with E-state index >= 15 is 0 Å². The van der Waals surface area contributed by atoms with Gasteiger partial charge in [0.1, 0.15) is 0 Å². The molecule has 1 aliphatic rings. The Kier molecular flexibility index (Phi) is 2.70. The average molecular weight is 204 g/mol. The van der Waals surface area contributed by atoms with Gasteiger partial charge in [-0.25, -0.2) is 0 Å². The number of likely N-dealkylation sites (N-methyl/N-ethyl adjacent to an activating group) is 1. The van der Waals surface area contributed by atoms with Crippen LogP contribution in [0.2, 0.25) is 0 Å². The first-order chi connectivity index (χ1) is 7.09. The van der Waals surface area contributed by atoms with Crippen LogP contribution >= 0.6 is 0 Å². The lowest BCUT2D eigenvalue weighted by molar-refractivity contribution is 0.514. The lowest BCUT2D eigenvalue weighted by atomic mass is 9.95. The molecule has 0 spiro atoms. The van der Waals surface area contributed by atoms with Crippen molar-refractivity contribution in [1.82, 2.24) is 0 Å². The third kappa shape index (κ3) is 1.86. The number of hydrogen-bond acceptors (Lipinski definition) is 2. The van der Waals surface area contributed by atoms with Gasteiger partial charge < -0.3 is 10.6 Å². The van der Waals surface area contributed by atoms with Gasteiger partial charge in [0.05, 0.1) is 0 Å². The zero-order valence-electron chi connectivity index (χ0n) is 9.83. The van der Waals surface area contributed by atoms with Crippen LogP contribution in [0.5, 0.6) is 0 Å². The zero-order chi connectivity index (χ0) is 11.0. The van der Waals surface area contributed by atoms with Crippen LogP contribution in [0.3, 0.4) is 0 Å². The summed E-state index contributed by atoms with van der Waals surface area (Å²) in [6.07, 6.45) is 1.16. The van der Waals surface area contributed by atoms with Crippen LogP contribution < -0.4 is 10.6 Å². The van der Waals surface area contributed by atoms with Crippen LogP contribution in [0.15, 0.2) is 18.2 Å². The second-order valence-corrected chi connectivity index (χ2v) is 4.83. The monoisotopic (exact) mass is 204 g/mol. The Bertz CT molecular complexity index is 358. The van der Waals surface area contributed by atoms with Crippen molar-refractivity contribution in [3.8, 4) is 0 Å². The van der Waals surface area contributed by atoms with Crippen molar-refractivity contribution in [3.63, 3.8) is 0 Å². The van der Waals surface area contributed by atoms with Gasteiger partial charge in [-0.2, -0.15) is 0 Å². The fourth-order valence-corrected chi connectivity index (χ4v) is 2.18. The molecular formula is C13H20N2. The van der Waals surface area contributed by atoms with Crippen LogP contribution in [0.1, 0.15) is 31.0 Å². The minimum atomic E-state index is 0.168. The maximum absolute atomic E-state index is 6.15. The van der Waals surface area contributed by atoms with Crippen LogP contribution in [0.25, 0.3) is 0 Å². The summed E-state index contributed by atoms with van der Waals surface area (Å²) in [5, 5.41) is 0. The summed E-state index contributed by atoms with van der Waals surface area (Å²) >= 11 is 0. The first-order valence-corrected chi connectivity index (χ1v) is 5.69. The van der Waals surface area contributed by atoms with E-state index in [2.05, 4.69) is 44.0 Å². The highest BCUT2D eigenvalue weighted by atomic mass is 15.1. The summed E-state index contributed by atoms with van der Waals surface area (Å²) in [4.78, 5) is 2.31. The van der Waals surface area contributed by atoms with Crippen molar-refractivity contribution in [3.05, 3.63) is 29.3 Å². The second kappa shape index (κ2) is 3.86. The van der Waals surface area contributed by atoms with Crippen molar-refractivity contribution in [2.45, 2.75) is 26.3 Å². The molecule has 1 heterocycles. The summed E-state index contributed by atoms with van der Waals surface area (Å²) in [5.41, 5.74) is 10.2. The molecule has 2 heteroatoms. The summed E-state index contributed by atoms with van der Waals surface area (Å²) in [5.74, 6) is 0.502. The van der Waals surface area contributed by atoms with E-state index in [-0.39, 0.29) is 6.04 Å². The number of hydrogen-bond donors (Lipinski definition) is 1. The van der Waals surface area contributed by atoms with E-state index in [0.29, 0.717) is 5.92 Å². The van der Waals surface area contributed by atoms with E-state index in [4.69, 9.17) is 5.73 Å². The standard InChI is InChI=1S/C13H20N2/c1-9(2)13(14)11-4-5-12-10(8-11)6-7-15(12)3/h4-5,8-9,13H,6-7,14H2,1-3H3. The summed E-state index contributed by atoms with van der Waals surface area (Å²) < 4.78 is 0. The minimum absolute atomic E-state index is 0.168. The van der Waals surface area contributed by atoms with Gasteiger partial charge in [0, 0.05) is 25.3 Å². The molecule has 1 aromatic rings. The van der Waals surface area contributed by atoms with E-state index in [0.717, 1.165) is 13.0 Å². The third-order valence-electron chi connectivity index (χ3n) is 3.33. The SMILES string of the molecule is CC(C)C(N)c1ccc2c(c1)CCN2C. The van der Waals surface area contributed by atoms with Crippen molar-refractivity contribution >= 4 is 5.69 Å². The van der Waals surface area contributed by atoms with E-state index in [1.165, 1.54) is 16.8 Å². The number of nitrogens with zero attached hydrogens (tertiary/aromatic N) is 1. The number of fused-ring (bicyclic) bond motifs is 1. The molecule has 2 rings (SSSR count). The Balaban J connectivity index is 2.30. The largest absolute Gasteiger partial charge is 0.374 e. The van der Waals surface area contributed by atoms with Crippen LogP contribution in [0, 0.1) is 5.92 Å². The molecule has 1 aromatic carbocycles. The normalized spacial score (nSPS) is 17.0. The minimum Gasteiger partial charge on any atom is -0.374 e. The van der Waals surface area contributed by atoms with Crippen molar-refractivity contribution < 1.29 is 0 Å². The van der Waals surface area contributed by atoms with E-state index in [9.17, 15) is 0 Å². The molecule has 0 amide bonds. The first kappa shape index (κ1) is 10.5. The van der Waals surface area contributed by atoms with E-state index in [1.54, 1.807) is 0 Å². The molecule has 0 aromatic heterocycles. The Hall–Kier alpha value is -1.02. The Morgan fingerprint density at radius 2 is 2.07 bits per heavy atom. The van der Waals surface area contributed by atoms with Gasteiger partial charge in [-0.1, -0.05) is 26.0 Å². The molecule has 15 heavy (non-hydrogen) atoms. The third-order valence-corrected chi connectivity index (χ3v) is 3.33. The fraction of sp³-hybridized carbons (Fsp3) is 0.538. The van der Waals surface area contributed by atoms with E-state index in [1.807, 2.05) is 0 Å². The van der Waals surface area contributed by atoms with Gasteiger partial charge in [-0.15, -0.1) is 0 Å². The topological polar surface area (TPSA) is 29.3 Å². The Morgan fingerprint density at radius 1 is 1.33 bits per heavy atom. The molecule has 1 atom stereocenters. The van der Waals surface area contributed by atoms with Gasteiger partial charge in [0.15, 0.2) is 0 Å². The number of nitrogens with two attached hydrogens (primary N) is 1. The molecule has 2 nitrogen and oxygen atoms in total. The first-order valence-electron chi connectivity index (χ1n) is 5.69. The average Bonchev–Trinajstić information content (AvgIpc) is 2.59. The van der Waals surface area contributed by atoms with Gasteiger partial charge in [-0.05, 0) is 29.5 Å². The quantitative estimate of drug-likeness (QED) is 0.801. The molecule has 1 unspecified atom stereocenters. The maximum atomic E-state index is 6.15. The van der Waals surface area contributed by atoms with Crippen LogP contribution in [-0.2, 0) is 6.42 Å². The summed E-state index contributed by atoms with van der Waals surface area (Å²) in [6.45, 7) is 5.48. The molecule has 0 radical (unpaired) electrons. The molecule has 2 N–H and O–H groups in total. The zero-order valence-corrected chi connectivity index (χ0v) is 9.83. The number of benzene rings is 1. The predicted octanol–water partition coefficient (Wildman–Crippen LogP) is 2.33. The molecule has 1 aliphatic heterocycles. The highest BCUT2D eigenvalue weighted by Crippen LogP contribution is 2.30. The molecule has 0 fully saturated rings. The fourth-order valence-electron chi connectivity index (χ4n) is 2.18. The van der Waals surface area contributed by atoms with Crippen molar-refractivity contribution in [1.29, 1.82) is 0 Å². The number of anilines is 1. The van der Waals surface area contributed by atoms with E-state index < -0.39 is 0 Å². The second-order valence-electron chi connectivity index (χ2n) is 4.83.